The number of para-hydroxylation sites is 1. The summed E-state index contributed by atoms with van der Waals surface area (Å²) >= 11 is 0. The molecule has 2 unspecified atom stereocenters. The average Bonchev–Trinajstić information content (AvgIpc) is 3.12. The molecule has 0 radical (unpaired) electrons. The predicted molar refractivity (Wildman–Crippen MR) is 126 cm³/mol. The van der Waals surface area contributed by atoms with E-state index in [1.165, 1.54) is 19.1 Å². The first-order valence-corrected chi connectivity index (χ1v) is 11.1. The molecule has 180 valence electrons. The molecule has 1 aliphatic rings. The fourth-order valence-corrected chi connectivity index (χ4v) is 4.59. The highest BCUT2D eigenvalue weighted by Crippen LogP contribution is 2.45. The summed E-state index contributed by atoms with van der Waals surface area (Å²) in [6, 6.07) is 13.0. The van der Waals surface area contributed by atoms with Crippen LogP contribution in [0.2, 0.25) is 0 Å². The molecule has 0 bridgehead atoms. The summed E-state index contributed by atoms with van der Waals surface area (Å²) in [6.07, 6.45) is 3.50. The predicted octanol–water partition coefficient (Wildman–Crippen LogP) is 2.99. The Morgan fingerprint density at radius 1 is 0.971 bits per heavy atom. The first-order valence-electron chi connectivity index (χ1n) is 11.1. The van der Waals surface area contributed by atoms with Gasteiger partial charge < -0.3 is 19.1 Å². The number of rotatable bonds is 8. The summed E-state index contributed by atoms with van der Waals surface area (Å²) in [5.74, 6) is -1.71. The van der Waals surface area contributed by atoms with Gasteiger partial charge >= 0.3 is 0 Å². The van der Waals surface area contributed by atoms with Crippen LogP contribution < -0.4 is 19.2 Å². The van der Waals surface area contributed by atoms with Gasteiger partial charge in [0, 0.05) is 22.8 Å². The number of aromatic amines is 1. The van der Waals surface area contributed by atoms with Crippen molar-refractivity contribution in [2.75, 3.05) is 21.3 Å². The van der Waals surface area contributed by atoms with E-state index < -0.39 is 29.4 Å². The fourth-order valence-electron chi connectivity index (χ4n) is 4.59. The van der Waals surface area contributed by atoms with E-state index in [1.807, 2.05) is 19.1 Å². The summed E-state index contributed by atoms with van der Waals surface area (Å²) in [4.78, 5) is 44.8. The number of nitrogens with zero attached hydrogens (tertiary/aromatic N) is 1. The van der Waals surface area contributed by atoms with Gasteiger partial charge in [-0.1, -0.05) is 12.1 Å². The normalized spacial score (nSPS) is 17.4. The van der Waals surface area contributed by atoms with E-state index in [9.17, 15) is 14.4 Å². The molecule has 1 aliphatic heterocycles. The van der Waals surface area contributed by atoms with Crippen LogP contribution in [0.4, 0.5) is 0 Å². The van der Waals surface area contributed by atoms with Crippen molar-refractivity contribution in [1.82, 2.24) is 4.90 Å². The maximum atomic E-state index is 13.8. The zero-order valence-corrected chi connectivity index (χ0v) is 20.0. The van der Waals surface area contributed by atoms with Gasteiger partial charge in [0.05, 0.1) is 33.9 Å². The fraction of sp³-hybridized carbons (Fsp3) is 0.259. The number of carbonyl (C=O) groups is 3. The minimum absolute atomic E-state index is 0.137. The van der Waals surface area contributed by atoms with Crippen LogP contribution in [0.15, 0.2) is 60.9 Å². The third-order valence-corrected chi connectivity index (χ3v) is 6.24. The number of methoxy groups -OCH3 is 3. The lowest BCUT2D eigenvalue weighted by Crippen LogP contribution is -2.31. The molecule has 0 saturated carbocycles. The monoisotopic (exact) mass is 475 g/mol. The molecule has 8 nitrogen and oxygen atoms in total. The number of benzene rings is 2. The Morgan fingerprint density at radius 2 is 1.74 bits per heavy atom. The molecule has 1 N–H and O–H groups in total. The summed E-state index contributed by atoms with van der Waals surface area (Å²) in [5.41, 5.74) is 2.39. The summed E-state index contributed by atoms with van der Waals surface area (Å²) < 4.78 is 16.4. The van der Waals surface area contributed by atoms with Crippen LogP contribution in [0.1, 0.15) is 33.1 Å². The Hall–Kier alpha value is -4.20. The summed E-state index contributed by atoms with van der Waals surface area (Å²) in [7, 11) is 4.54. The number of amides is 1. The van der Waals surface area contributed by atoms with Crippen molar-refractivity contribution in [2.24, 2.45) is 5.92 Å². The Kier molecular flexibility index (Phi) is 6.82. The smallest absolute Gasteiger partial charge is 0.291 e. The summed E-state index contributed by atoms with van der Waals surface area (Å²) in [6.45, 7) is 1.95. The van der Waals surface area contributed by atoms with E-state index in [1.54, 1.807) is 55.9 Å². The number of H-pyrrole nitrogens is 1. The number of ether oxygens (including phenoxy) is 3. The van der Waals surface area contributed by atoms with Gasteiger partial charge in [-0.3, -0.25) is 14.4 Å². The van der Waals surface area contributed by atoms with Gasteiger partial charge in [-0.05, 0) is 42.8 Å². The van der Waals surface area contributed by atoms with Crippen LogP contribution in [0, 0.1) is 12.8 Å². The highest BCUT2D eigenvalue weighted by atomic mass is 16.5. The lowest BCUT2D eigenvalue weighted by Gasteiger charge is -2.28. The molecule has 35 heavy (non-hydrogen) atoms. The number of hydrogen-bond donors (Lipinski definition) is 0. The van der Waals surface area contributed by atoms with Crippen LogP contribution in [-0.2, 0) is 16.1 Å². The van der Waals surface area contributed by atoms with Crippen LogP contribution in [0.25, 0.3) is 0 Å². The molecule has 2 atom stereocenters. The highest BCUT2D eigenvalue weighted by molar-refractivity contribution is 6.44. The summed E-state index contributed by atoms with van der Waals surface area (Å²) in [5, 5.41) is 0. The lowest BCUT2D eigenvalue weighted by molar-refractivity contribution is -0.378. The van der Waals surface area contributed by atoms with Crippen LogP contribution in [-0.4, -0.2) is 43.7 Å². The van der Waals surface area contributed by atoms with Crippen molar-refractivity contribution in [3.05, 3.63) is 83.2 Å². The Bertz CT molecular complexity index is 1270. The number of nitrogens with one attached hydrogen (secondary N) is 1. The van der Waals surface area contributed by atoms with Gasteiger partial charge in [0.15, 0.2) is 29.7 Å². The maximum absolute atomic E-state index is 13.8. The average molecular weight is 476 g/mol. The molecule has 0 spiro atoms. The van der Waals surface area contributed by atoms with E-state index in [4.69, 9.17) is 14.2 Å². The molecule has 3 aromatic rings. The number of ketones is 2. The van der Waals surface area contributed by atoms with Gasteiger partial charge in [0.2, 0.25) is 5.78 Å². The maximum Gasteiger partial charge on any atom is 0.291 e. The quantitative estimate of drug-likeness (QED) is 0.282. The molecular weight excluding hydrogens is 448 g/mol. The largest absolute Gasteiger partial charge is 0.496 e. The molecular formula is C27H27N2O6+. The number of hydrogen-bond acceptors (Lipinski definition) is 6. The first-order chi connectivity index (χ1) is 16.9. The third kappa shape index (κ3) is 4.35. The van der Waals surface area contributed by atoms with E-state index >= 15 is 0 Å². The highest BCUT2D eigenvalue weighted by Gasteiger charge is 2.52. The van der Waals surface area contributed by atoms with Gasteiger partial charge in [0.1, 0.15) is 11.7 Å². The molecule has 2 heterocycles. The molecule has 2 aromatic carbocycles. The second-order valence-electron chi connectivity index (χ2n) is 8.26. The van der Waals surface area contributed by atoms with Crippen molar-refractivity contribution < 1.29 is 33.6 Å². The molecule has 4 rings (SSSR count). The Morgan fingerprint density at radius 3 is 2.37 bits per heavy atom. The van der Waals surface area contributed by atoms with Gasteiger partial charge in [-0.2, -0.15) is 0 Å². The third-order valence-electron chi connectivity index (χ3n) is 6.24. The number of Topliss-reactive ketones (excluding diaryl/α,β-unsaturated/α-hetero) is 2. The lowest BCUT2D eigenvalue weighted by atomic mass is 9.85. The first kappa shape index (κ1) is 23.9. The minimum atomic E-state index is -1.25. The van der Waals surface area contributed by atoms with E-state index in [2.05, 4.69) is 4.98 Å². The number of pyridine rings is 1. The number of aromatic nitrogens is 1. The SMILES string of the molecule is COc1ccc(C(=O)C2C(=O)C(=O)N(Cc3ccc[nH+]c3)C2c2cccc(OC)c2OC)cc1C. The van der Waals surface area contributed by atoms with E-state index in [0.717, 1.165) is 11.1 Å². The molecule has 1 fully saturated rings. The van der Waals surface area contributed by atoms with Crippen molar-refractivity contribution >= 4 is 17.5 Å². The number of carbonyl (C=O) groups excluding carboxylic acids is 3. The second kappa shape index (κ2) is 9.97. The number of aryl methyl sites for hydroxylation is 1. The van der Waals surface area contributed by atoms with Gasteiger partial charge in [-0.15, -0.1) is 0 Å². The van der Waals surface area contributed by atoms with Crippen molar-refractivity contribution in [3.8, 4) is 17.2 Å². The van der Waals surface area contributed by atoms with Gasteiger partial charge in [-0.25, -0.2) is 4.98 Å². The minimum Gasteiger partial charge on any atom is -0.496 e. The van der Waals surface area contributed by atoms with E-state index in [-0.39, 0.29) is 6.54 Å². The van der Waals surface area contributed by atoms with Crippen molar-refractivity contribution in [2.45, 2.75) is 19.5 Å². The zero-order valence-electron chi connectivity index (χ0n) is 20.0. The Balaban J connectivity index is 1.86. The molecule has 1 amide bonds. The molecule has 1 aromatic heterocycles. The van der Waals surface area contributed by atoms with Gasteiger partial charge in [0.25, 0.3) is 5.91 Å². The Labute approximate surface area is 203 Å². The topological polar surface area (TPSA) is 96.3 Å². The molecule has 1 saturated heterocycles. The number of likely N-dealkylation sites (tertiary alicyclic amines) is 1. The van der Waals surface area contributed by atoms with E-state index in [0.29, 0.717) is 28.4 Å². The zero-order chi connectivity index (χ0) is 25.1. The van der Waals surface area contributed by atoms with Crippen molar-refractivity contribution in [3.63, 3.8) is 0 Å². The van der Waals surface area contributed by atoms with Crippen LogP contribution >= 0.6 is 0 Å². The van der Waals surface area contributed by atoms with Crippen molar-refractivity contribution in [1.29, 1.82) is 0 Å². The second-order valence-corrected chi connectivity index (χ2v) is 8.26. The molecule has 0 aliphatic carbocycles. The van der Waals surface area contributed by atoms with Crippen LogP contribution in [0.5, 0.6) is 17.2 Å². The standard InChI is InChI=1S/C27H26N2O6/c1-16-13-18(10-11-20(16)33-2)24(30)22-23(19-8-5-9-21(34-3)26(19)35-4)29(27(32)25(22)31)15-17-7-6-12-28-14-17/h5-14,22-23H,15H2,1-4H3/p+1. The molecule has 8 heteroatoms. The van der Waals surface area contributed by atoms with Crippen LogP contribution in [0.3, 0.4) is 0 Å².